The Morgan fingerprint density at radius 2 is 1.75 bits per heavy atom. The minimum absolute atomic E-state index is 0.136. The summed E-state index contributed by atoms with van der Waals surface area (Å²) in [5, 5.41) is 9.62. The van der Waals surface area contributed by atoms with Crippen molar-refractivity contribution in [2.24, 2.45) is 0 Å². The molecule has 0 aliphatic carbocycles. The van der Waals surface area contributed by atoms with Gasteiger partial charge in [0.1, 0.15) is 6.10 Å². The molecule has 68 valence electrons. The van der Waals surface area contributed by atoms with Crippen LogP contribution in [-0.2, 0) is 0 Å². The molecule has 1 heterocycles. The quantitative estimate of drug-likeness (QED) is 0.541. The van der Waals surface area contributed by atoms with Crippen LogP contribution in [-0.4, -0.2) is 34.2 Å². The van der Waals surface area contributed by atoms with Gasteiger partial charge in [0.2, 0.25) is 0 Å². The van der Waals surface area contributed by atoms with Crippen LogP contribution < -0.4 is 0 Å². The van der Waals surface area contributed by atoms with E-state index in [1.807, 2.05) is 20.9 Å². The standard InChI is InChI=1S/C10H17NO/c1-9(2)7-6-8(12)10(3,4)11(9)5/h8,12H,1-5H3. The molecule has 0 bridgehead atoms. The lowest BCUT2D eigenvalue weighted by Gasteiger charge is -2.47. The number of rotatable bonds is 0. The maximum atomic E-state index is 9.62. The molecule has 0 aromatic carbocycles. The van der Waals surface area contributed by atoms with E-state index >= 15 is 0 Å². The average Bonchev–Trinajstić information content (AvgIpc) is 1.96. The molecule has 0 fully saturated rings. The first-order valence-corrected chi connectivity index (χ1v) is 4.23. The Morgan fingerprint density at radius 3 is 2.17 bits per heavy atom. The Kier molecular flexibility index (Phi) is 1.98. The summed E-state index contributed by atoms with van der Waals surface area (Å²) in [5.41, 5.74) is -0.391. The molecule has 2 heteroatoms. The van der Waals surface area contributed by atoms with Gasteiger partial charge in [0.05, 0.1) is 11.1 Å². The van der Waals surface area contributed by atoms with Crippen LogP contribution in [0.15, 0.2) is 0 Å². The highest BCUT2D eigenvalue weighted by Crippen LogP contribution is 2.28. The van der Waals surface area contributed by atoms with Crippen molar-refractivity contribution in [1.29, 1.82) is 0 Å². The molecular formula is C10H17NO. The first kappa shape index (κ1) is 9.57. The lowest BCUT2D eigenvalue weighted by atomic mass is 9.86. The van der Waals surface area contributed by atoms with Gasteiger partial charge in [-0.05, 0) is 34.7 Å². The highest BCUT2D eigenvalue weighted by molar-refractivity contribution is 5.26. The highest BCUT2D eigenvalue weighted by atomic mass is 16.3. The maximum absolute atomic E-state index is 9.62. The summed E-state index contributed by atoms with van der Waals surface area (Å²) in [6, 6.07) is 0. The summed E-state index contributed by atoms with van der Waals surface area (Å²) in [6.45, 7) is 8.14. The van der Waals surface area contributed by atoms with E-state index in [-0.39, 0.29) is 11.1 Å². The Hall–Kier alpha value is -0.520. The number of likely N-dealkylation sites (N-methyl/N-ethyl adjacent to an activating group) is 1. The summed E-state index contributed by atoms with van der Waals surface area (Å²) < 4.78 is 0. The van der Waals surface area contributed by atoms with Gasteiger partial charge in [0.15, 0.2) is 0 Å². The molecular weight excluding hydrogens is 150 g/mol. The fourth-order valence-electron chi connectivity index (χ4n) is 1.41. The van der Waals surface area contributed by atoms with Gasteiger partial charge in [0.25, 0.3) is 0 Å². The van der Waals surface area contributed by atoms with Gasteiger partial charge in [-0.25, -0.2) is 0 Å². The van der Waals surface area contributed by atoms with Crippen LogP contribution in [0.3, 0.4) is 0 Å². The largest absolute Gasteiger partial charge is 0.378 e. The number of aliphatic hydroxyl groups excluding tert-OH is 1. The maximum Gasteiger partial charge on any atom is 0.132 e. The zero-order valence-corrected chi connectivity index (χ0v) is 8.47. The van der Waals surface area contributed by atoms with Crippen molar-refractivity contribution >= 4 is 0 Å². The third kappa shape index (κ3) is 1.24. The average molecular weight is 167 g/mol. The third-order valence-corrected chi connectivity index (χ3v) is 2.89. The summed E-state index contributed by atoms with van der Waals surface area (Å²) in [5.74, 6) is 5.90. The topological polar surface area (TPSA) is 23.5 Å². The van der Waals surface area contributed by atoms with Crippen LogP contribution in [0.4, 0.5) is 0 Å². The molecule has 0 aromatic rings. The molecule has 1 rings (SSSR count). The fourth-order valence-corrected chi connectivity index (χ4v) is 1.41. The van der Waals surface area contributed by atoms with Crippen LogP contribution in [0, 0.1) is 11.8 Å². The van der Waals surface area contributed by atoms with Gasteiger partial charge in [-0.15, -0.1) is 0 Å². The van der Waals surface area contributed by atoms with E-state index < -0.39 is 6.10 Å². The Bertz CT molecular complexity index is 244. The van der Waals surface area contributed by atoms with E-state index in [4.69, 9.17) is 0 Å². The van der Waals surface area contributed by atoms with Crippen molar-refractivity contribution in [2.75, 3.05) is 7.05 Å². The van der Waals surface area contributed by atoms with E-state index in [9.17, 15) is 5.11 Å². The number of hydrogen-bond acceptors (Lipinski definition) is 2. The molecule has 0 amide bonds. The Balaban J connectivity index is 3.08. The summed E-state index contributed by atoms with van der Waals surface area (Å²) in [4.78, 5) is 2.11. The van der Waals surface area contributed by atoms with E-state index in [0.717, 1.165) is 0 Å². The predicted molar refractivity (Wildman–Crippen MR) is 49.7 cm³/mol. The smallest absolute Gasteiger partial charge is 0.132 e. The van der Waals surface area contributed by atoms with E-state index in [0.29, 0.717) is 0 Å². The predicted octanol–water partition coefficient (Wildman–Crippen LogP) is 0.853. The van der Waals surface area contributed by atoms with Crippen molar-refractivity contribution < 1.29 is 5.11 Å². The molecule has 1 aliphatic rings. The molecule has 0 aromatic heterocycles. The van der Waals surface area contributed by atoms with E-state index in [1.54, 1.807) is 0 Å². The van der Waals surface area contributed by atoms with Crippen LogP contribution in [0.1, 0.15) is 27.7 Å². The molecule has 2 nitrogen and oxygen atoms in total. The second-order valence-electron chi connectivity index (χ2n) is 4.44. The van der Waals surface area contributed by atoms with Gasteiger partial charge in [0, 0.05) is 0 Å². The van der Waals surface area contributed by atoms with Crippen molar-refractivity contribution in [2.45, 2.75) is 44.9 Å². The molecule has 1 N–H and O–H groups in total. The lowest BCUT2D eigenvalue weighted by molar-refractivity contribution is -0.00851. The van der Waals surface area contributed by atoms with Crippen molar-refractivity contribution in [3.63, 3.8) is 0 Å². The molecule has 1 aliphatic heterocycles. The van der Waals surface area contributed by atoms with Crippen molar-refractivity contribution in [3.8, 4) is 11.8 Å². The number of hydrogen-bond donors (Lipinski definition) is 1. The molecule has 0 spiro atoms. The second-order valence-corrected chi connectivity index (χ2v) is 4.44. The minimum atomic E-state index is -0.546. The number of aliphatic hydroxyl groups is 1. The minimum Gasteiger partial charge on any atom is -0.378 e. The fraction of sp³-hybridized carbons (Fsp3) is 0.800. The third-order valence-electron chi connectivity index (χ3n) is 2.89. The van der Waals surface area contributed by atoms with Gasteiger partial charge in [-0.2, -0.15) is 0 Å². The number of nitrogens with zero attached hydrogens (tertiary/aromatic N) is 1. The van der Waals surface area contributed by atoms with Gasteiger partial charge >= 0.3 is 0 Å². The van der Waals surface area contributed by atoms with E-state index in [2.05, 4.69) is 30.6 Å². The van der Waals surface area contributed by atoms with Crippen LogP contribution in [0.2, 0.25) is 0 Å². The van der Waals surface area contributed by atoms with Crippen LogP contribution in [0.5, 0.6) is 0 Å². The van der Waals surface area contributed by atoms with Crippen molar-refractivity contribution in [3.05, 3.63) is 0 Å². The molecule has 0 saturated carbocycles. The van der Waals surface area contributed by atoms with Gasteiger partial charge in [-0.3, -0.25) is 4.90 Å². The first-order chi connectivity index (χ1) is 5.28. The van der Waals surface area contributed by atoms with Crippen LogP contribution >= 0.6 is 0 Å². The molecule has 1 atom stereocenters. The Morgan fingerprint density at radius 1 is 1.25 bits per heavy atom. The van der Waals surface area contributed by atoms with Crippen LogP contribution in [0.25, 0.3) is 0 Å². The molecule has 0 radical (unpaired) electrons. The zero-order chi connectivity index (χ0) is 9.57. The lowest BCUT2D eigenvalue weighted by Crippen LogP contribution is -2.60. The SMILES string of the molecule is CN1C(C)(C)C#CC(O)C1(C)C. The van der Waals surface area contributed by atoms with Gasteiger partial charge in [-0.1, -0.05) is 11.8 Å². The highest BCUT2D eigenvalue weighted by Gasteiger charge is 2.41. The monoisotopic (exact) mass is 167 g/mol. The zero-order valence-electron chi connectivity index (χ0n) is 8.47. The summed E-state index contributed by atoms with van der Waals surface area (Å²) in [7, 11) is 2.00. The summed E-state index contributed by atoms with van der Waals surface area (Å²) in [6.07, 6.45) is -0.546. The Labute approximate surface area is 74.6 Å². The molecule has 12 heavy (non-hydrogen) atoms. The normalized spacial score (nSPS) is 32.3. The van der Waals surface area contributed by atoms with E-state index in [1.165, 1.54) is 0 Å². The van der Waals surface area contributed by atoms with Gasteiger partial charge < -0.3 is 5.11 Å². The second kappa shape index (κ2) is 2.48. The summed E-state index contributed by atoms with van der Waals surface area (Å²) >= 11 is 0. The molecule has 1 unspecified atom stereocenters. The first-order valence-electron chi connectivity index (χ1n) is 4.23. The van der Waals surface area contributed by atoms with Crippen molar-refractivity contribution in [1.82, 2.24) is 4.90 Å². The molecule has 0 saturated heterocycles.